The van der Waals surface area contributed by atoms with Crippen LogP contribution in [0.4, 0.5) is 0 Å². The van der Waals surface area contributed by atoms with Gasteiger partial charge >= 0.3 is 0 Å². The Kier molecular flexibility index (Phi) is 5.11. The van der Waals surface area contributed by atoms with E-state index in [0.717, 1.165) is 23.5 Å². The van der Waals surface area contributed by atoms with E-state index in [1.807, 2.05) is 18.2 Å². The molecule has 1 aromatic heterocycles. The van der Waals surface area contributed by atoms with Gasteiger partial charge in [-0.2, -0.15) is 0 Å². The fourth-order valence-electron chi connectivity index (χ4n) is 2.14. The molecular formula is C16H22N2S. The Bertz CT molecular complexity index is 492. The van der Waals surface area contributed by atoms with Crippen LogP contribution in [0.2, 0.25) is 0 Å². The molecule has 1 heterocycles. The smallest absolute Gasteiger partial charge is 0.0948 e. The summed E-state index contributed by atoms with van der Waals surface area (Å²) in [4.78, 5) is 4.69. The molecular weight excluding hydrogens is 252 g/mol. The summed E-state index contributed by atoms with van der Waals surface area (Å²) in [6.45, 7) is 4.48. The van der Waals surface area contributed by atoms with Crippen LogP contribution in [0.25, 0.3) is 11.3 Å². The maximum absolute atomic E-state index is 6.20. The molecule has 3 heteroatoms. The summed E-state index contributed by atoms with van der Waals surface area (Å²) < 4.78 is 0. The van der Waals surface area contributed by atoms with E-state index >= 15 is 0 Å². The topological polar surface area (TPSA) is 38.9 Å². The molecule has 102 valence electrons. The predicted octanol–water partition coefficient (Wildman–Crippen LogP) is 4.12. The second kappa shape index (κ2) is 6.83. The second-order valence-electron chi connectivity index (χ2n) is 5.21. The van der Waals surface area contributed by atoms with Crippen molar-refractivity contribution in [1.82, 2.24) is 4.98 Å². The zero-order chi connectivity index (χ0) is 13.7. The zero-order valence-electron chi connectivity index (χ0n) is 11.7. The fraction of sp³-hybridized carbons (Fsp3) is 0.438. The standard InChI is InChI=1S/C16H22N2S/c1-3-12(2)9-14(17)10-16-18-15(11-19-16)13-7-5-4-6-8-13/h4-8,11-12,14H,3,9-10,17H2,1-2H3. The summed E-state index contributed by atoms with van der Waals surface area (Å²) in [5.74, 6) is 0.698. The van der Waals surface area contributed by atoms with Gasteiger partial charge in [-0.15, -0.1) is 11.3 Å². The Balaban J connectivity index is 1.98. The van der Waals surface area contributed by atoms with Crippen molar-refractivity contribution in [2.45, 2.75) is 39.2 Å². The van der Waals surface area contributed by atoms with E-state index in [1.54, 1.807) is 11.3 Å². The van der Waals surface area contributed by atoms with E-state index in [1.165, 1.54) is 12.0 Å². The van der Waals surface area contributed by atoms with Crippen molar-refractivity contribution in [1.29, 1.82) is 0 Å². The van der Waals surface area contributed by atoms with Gasteiger partial charge in [-0.3, -0.25) is 0 Å². The average Bonchev–Trinajstić information content (AvgIpc) is 2.88. The third kappa shape index (κ3) is 4.15. The first-order valence-electron chi connectivity index (χ1n) is 6.94. The highest BCUT2D eigenvalue weighted by Gasteiger charge is 2.11. The SMILES string of the molecule is CCC(C)CC(N)Cc1nc(-c2ccccc2)cs1. The largest absolute Gasteiger partial charge is 0.327 e. The third-order valence-corrected chi connectivity index (χ3v) is 4.33. The van der Waals surface area contributed by atoms with E-state index in [9.17, 15) is 0 Å². The van der Waals surface area contributed by atoms with Crippen molar-refractivity contribution < 1.29 is 0 Å². The molecule has 0 spiro atoms. The molecule has 0 saturated carbocycles. The molecule has 2 aromatic rings. The van der Waals surface area contributed by atoms with Crippen LogP contribution >= 0.6 is 11.3 Å². The number of aromatic nitrogens is 1. The lowest BCUT2D eigenvalue weighted by atomic mass is 9.98. The Labute approximate surface area is 119 Å². The molecule has 0 saturated heterocycles. The van der Waals surface area contributed by atoms with Crippen molar-refractivity contribution in [3.05, 3.63) is 40.7 Å². The number of nitrogens with two attached hydrogens (primary N) is 1. The van der Waals surface area contributed by atoms with Gasteiger partial charge in [0.05, 0.1) is 10.7 Å². The van der Waals surface area contributed by atoms with Gasteiger partial charge in [0.15, 0.2) is 0 Å². The molecule has 19 heavy (non-hydrogen) atoms. The van der Waals surface area contributed by atoms with Crippen molar-refractivity contribution in [3.63, 3.8) is 0 Å². The van der Waals surface area contributed by atoms with E-state index < -0.39 is 0 Å². The van der Waals surface area contributed by atoms with Crippen molar-refractivity contribution in [2.75, 3.05) is 0 Å². The summed E-state index contributed by atoms with van der Waals surface area (Å²) >= 11 is 1.72. The lowest BCUT2D eigenvalue weighted by Crippen LogP contribution is -2.25. The third-order valence-electron chi connectivity index (χ3n) is 3.46. The monoisotopic (exact) mass is 274 g/mol. The first kappa shape index (κ1) is 14.2. The van der Waals surface area contributed by atoms with E-state index in [-0.39, 0.29) is 6.04 Å². The molecule has 2 rings (SSSR count). The zero-order valence-corrected chi connectivity index (χ0v) is 12.5. The van der Waals surface area contributed by atoms with Crippen LogP contribution < -0.4 is 5.73 Å². The molecule has 1 aromatic carbocycles. The number of rotatable bonds is 6. The van der Waals surface area contributed by atoms with Crippen LogP contribution in [0.1, 0.15) is 31.7 Å². The highest BCUT2D eigenvalue weighted by molar-refractivity contribution is 7.09. The van der Waals surface area contributed by atoms with Crippen LogP contribution in [0.15, 0.2) is 35.7 Å². The summed E-state index contributed by atoms with van der Waals surface area (Å²) in [5, 5.41) is 3.27. The van der Waals surface area contributed by atoms with E-state index in [4.69, 9.17) is 10.7 Å². The maximum atomic E-state index is 6.20. The minimum absolute atomic E-state index is 0.227. The lowest BCUT2D eigenvalue weighted by Gasteiger charge is -2.14. The molecule has 2 N–H and O–H groups in total. The molecule has 2 nitrogen and oxygen atoms in total. The molecule has 0 fully saturated rings. The normalized spacial score (nSPS) is 14.3. The second-order valence-corrected chi connectivity index (χ2v) is 6.15. The van der Waals surface area contributed by atoms with E-state index in [2.05, 4.69) is 31.4 Å². The molecule has 0 aliphatic carbocycles. The number of nitrogens with zero attached hydrogens (tertiary/aromatic N) is 1. The molecule has 0 bridgehead atoms. The van der Waals surface area contributed by atoms with Crippen LogP contribution in [0.3, 0.4) is 0 Å². The van der Waals surface area contributed by atoms with Crippen molar-refractivity contribution in [3.8, 4) is 11.3 Å². The molecule has 0 aliphatic heterocycles. The molecule has 0 radical (unpaired) electrons. The Morgan fingerprint density at radius 1 is 1.26 bits per heavy atom. The number of benzene rings is 1. The molecule has 0 aliphatic rings. The van der Waals surface area contributed by atoms with Gasteiger partial charge in [0.1, 0.15) is 0 Å². The fourth-order valence-corrected chi connectivity index (χ4v) is 3.04. The highest BCUT2D eigenvalue weighted by atomic mass is 32.1. The van der Waals surface area contributed by atoms with Gasteiger partial charge in [-0.25, -0.2) is 4.98 Å². The first-order chi connectivity index (χ1) is 9.19. The van der Waals surface area contributed by atoms with Crippen molar-refractivity contribution in [2.24, 2.45) is 11.7 Å². The minimum atomic E-state index is 0.227. The van der Waals surface area contributed by atoms with Gasteiger partial charge in [-0.1, -0.05) is 50.6 Å². The predicted molar refractivity (Wildman–Crippen MR) is 83.3 cm³/mol. The Morgan fingerprint density at radius 2 is 2.00 bits per heavy atom. The van der Waals surface area contributed by atoms with Gasteiger partial charge in [0.25, 0.3) is 0 Å². The molecule has 0 amide bonds. The van der Waals surface area contributed by atoms with Gasteiger partial charge in [0.2, 0.25) is 0 Å². The minimum Gasteiger partial charge on any atom is -0.327 e. The quantitative estimate of drug-likeness (QED) is 0.860. The van der Waals surface area contributed by atoms with Gasteiger partial charge < -0.3 is 5.73 Å². The van der Waals surface area contributed by atoms with Crippen LogP contribution in [-0.4, -0.2) is 11.0 Å². The van der Waals surface area contributed by atoms with Crippen LogP contribution in [0.5, 0.6) is 0 Å². The summed E-state index contributed by atoms with van der Waals surface area (Å²) in [6, 6.07) is 10.5. The summed E-state index contributed by atoms with van der Waals surface area (Å²) in [7, 11) is 0. The first-order valence-corrected chi connectivity index (χ1v) is 7.82. The summed E-state index contributed by atoms with van der Waals surface area (Å²) in [5.41, 5.74) is 8.44. The number of hydrogen-bond acceptors (Lipinski definition) is 3. The van der Waals surface area contributed by atoms with Crippen LogP contribution in [0, 0.1) is 5.92 Å². The number of thiazole rings is 1. The van der Waals surface area contributed by atoms with Crippen molar-refractivity contribution >= 4 is 11.3 Å². The summed E-state index contributed by atoms with van der Waals surface area (Å²) in [6.07, 6.45) is 3.17. The Morgan fingerprint density at radius 3 is 2.68 bits per heavy atom. The van der Waals surface area contributed by atoms with Crippen LogP contribution in [-0.2, 0) is 6.42 Å². The molecule has 2 atom stereocenters. The highest BCUT2D eigenvalue weighted by Crippen LogP contribution is 2.23. The van der Waals surface area contributed by atoms with E-state index in [0.29, 0.717) is 5.92 Å². The van der Waals surface area contributed by atoms with Gasteiger partial charge in [-0.05, 0) is 12.3 Å². The van der Waals surface area contributed by atoms with Gasteiger partial charge in [0, 0.05) is 23.4 Å². The number of hydrogen-bond donors (Lipinski definition) is 1. The molecule has 2 unspecified atom stereocenters. The maximum Gasteiger partial charge on any atom is 0.0948 e. The average molecular weight is 274 g/mol. The Hall–Kier alpha value is -1.19. The lowest BCUT2D eigenvalue weighted by molar-refractivity contribution is 0.450.